The first-order chi connectivity index (χ1) is 4.77. The third-order valence-electron chi connectivity index (χ3n) is 2.80. The second-order valence-electron chi connectivity index (χ2n) is 3.49. The average Bonchev–Trinajstić information content (AvgIpc) is 2.29. The maximum atomic E-state index is 5.72. The first-order valence-electron chi connectivity index (χ1n) is 4.09. The van der Waals surface area contributed by atoms with Crippen molar-refractivity contribution in [3.63, 3.8) is 0 Å². The zero-order valence-electron chi connectivity index (χ0n) is 6.68. The largest absolute Gasteiger partial charge is 0.370 e. The number of hydrogen-bond acceptors (Lipinski definition) is 1. The van der Waals surface area contributed by atoms with Gasteiger partial charge in [-0.3, -0.25) is 0 Å². The van der Waals surface area contributed by atoms with Crippen LogP contribution in [0.25, 0.3) is 0 Å². The van der Waals surface area contributed by atoms with E-state index in [9.17, 15) is 0 Å². The van der Waals surface area contributed by atoms with Crippen LogP contribution in [-0.2, 0) is 4.74 Å². The van der Waals surface area contributed by atoms with Crippen molar-refractivity contribution in [2.45, 2.75) is 45.3 Å². The van der Waals surface area contributed by atoms with Gasteiger partial charge < -0.3 is 4.74 Å². The van der Waals surface area contributed by atoms with E-state index < -0.39 is 0 Å². The van der Waals surface area contributed by atoms with Gasteiger partial charge in [0.1, 0.15) is 0 Å². The minimum Gasteiger partial charge on any atom is -0.370 e. The van der Waals surface area contributed by atoms with Gasteiger partial charge in [-0.25, -0.2) is 0 Å². The van der Waals surface area contributed by atoms with Crippen LogP contribution in [0.2, 0.25) is 0 Å². The van der Waals surface area contributed by atoms with Crippen LogP contribution in [0, 0.1) is 0 Å². The molecular formula is C9H14O. The van der Waals surface area contributed by atoms with Gasteiger partial charge in [0.25, 0.3) is 0 Å². The summed E-state index contributed by atoms with van der Waals surface area (Å²) in [6.45, 7) is 4.45. The van der Waals surface area contributed by atoms with E-state index in [4.69, 9.17) is 4.74 Å². The summed E-state index contributed by atoms with van der Waals surface area (Å²) in [7, 11) is 0. The van der Waals surface area contributed by atoms with Gasteiger partial charge in [0.2, 0.25) is 0 Å². The molecule has 0 amide bonds. The van der Waals surface area contributed by atoms with E-state index in [0.29, 0.717) is 12.2 Å². The van der Waals surface area contributed by atoms with Crippen molar-refractivity contribution in [2.75, 3.05) is 0 Å². The highest BCUT2D eigenvalue weighted by atomic mass is 16.5. The Bertz CT molecular complexity index is 181. The molecule has 2 aliphatic heterocycles. The zero-order chi connectivity index (χ0) is 7.14. The maximum Gasteiger partial charge on any atom is 0.0789 e. The van der Waals surface area contributed by atoms with Gasteiger partial charge >= 0.3 is 0 Å². The lowest BCUT2D eigenvalue weighted by Crippen LogP contribution is -2.19. The normalized spacial score (nSPS) is 39.0. The summed E-state index contributed by atoms with van der Waals surface area (Å²) in [4.78, 5) is 0. The molecule has 1 unspecified atom stereocenters. The molecule has 2 rings (SSSR count). The second-order valence-corrected chi connectivity index (χ2v) is 3.49. The fourth-order valence-corrected chi connectivity index (χ4v) is 1.95. The lowest BCUT2D eigenvalue weighted by molar-refractivity contribution is 0.0531. The van der Waals surface area contributed by atoms with Crippen molar-refractivity contribution in [3.8, 4) is 0 Å². The van der Waals surface area contributed by atoms with Crippen LogP contribution in [-0.4, -0.2) is 12.2 Å². The maximum absolute atomic E-state index is 5.72. The van der Waals surface area contributed by atoms with Crippen molar-refractivity contribution < 1.29 is 4.74 Å². The first kappa shape index (κ1) is 6.41. The van der Waals surface area contributed by atoms with E-state index in [1.165, 1.54) is 24.8 Å². The highest BCUT2D eigenvalue weighted by Gasteiger charge is 2.31. The Kier molecular flexibility index (Phi) is 1.34. The molecule has 0 spiro atoms. The number of ether oxygens (including phenoxy) is 1. The standard InChI is InChI=1S/C9H14O/c1-6-5-8-3-4-9(10-8)7(6)2/h8-9H,3-5H2,1-2H3/t8-,9?/m1/s1. The van der Waals surface area contributed by atoms with E-state index in [0.717, 1.165) is 0 Å². The van der Waals surface area contributed by atoms with E-state index in [2.05, 4.69) is 13.8 Å². The Balaban J connectivity index is 2.28. The van der Waals surface area contributed by atoms with Crippen LogP contribution in [0.15, 0.2) is 11.1 Å². The topological polar surface area (TPSA) is 9.23 Å². The van der Waals surface area contributed by atoms with Crippen LogP contribution in [0.5, 0.6) is 0 Å². The van der Waals surface area contributed by atoms with Crippen molar-refractivity contribution in [2.24, 2.45) is 0 Å². The third-order valence-corrected chi connectivity index (χ3v) is 2.80. The number of hydrogen-bond donors (Lipinski definition) is 0. The van der Waals surface area contributed by atoms with Gasteiger partial charge in [-0.1, -0.05) is 5.57 Å². The SMILES string of the molecule is CC1=C(C)C2CC[C@H](C1)O2. The molecule has 1 nitrogen and oxygen atoms in total. The summed E-state index contributed by atoms with van der Waals surface area (Å²) in [5.74, 6) is 0. The molecular weight excluding hydrogens is 124 g/mol. The first-order valence-corrected chi connectivity index (χ1v) is 4.09. The fourth-order valence-electron chi connectivity index (χ4n) is 1.95. The van der Waals surface area contributed by atoms with Crippen LogP contribution in [0.1, 0.15) is 33.1 Å². The van der Waals surface area contributed by atoms with Crippen molar-refractivity contribution in [3.05, 3.63) is 11.1 Å². The molecule has 1 fully saturated rings. The third kappa shape index (κ3) is 0.807. The number of fused-ring (bicyclic) bond motifs is 2. The summed E-state index contributed by atoms with van der Waals surface area (Å²) >= 11 is 0. The van der Waals surface area contributed by atoms with Crippen LogP contribution >= 0.6 is 0 Å². The van der Waals surface area contributed by atoms with Crippen LogP contribution < -0.4 is 0 Å². The zero-order valence-corrected chi connectivity index (χ0v) is 6.68. The second kappa shape index (κ2) is 2.09. The molecule has 2 atom stereocenters. The van der Waals surface area contributed by atoms with E-state index in [1.54, 1.807) is 5.57 Å². The van der Waals surface area contributed by atoms with E-state index in [1.807, 2.05) is 0 Å². The number of rotatable bonds is 0. The molecule has 0 aromatic heterocycles. The Morgan fingerprint density at radius 3 is 2.90 bits per heavy atom. The van der Waals surface area contributed by atoms with Crippen molar-refractivity contribution in [1.29, 1.82) is 0 Å². The molecule has 1 saturated heterocycles. The quantitative estimate of drug-likeness (QED) is 0.466. The Morgan fingerprint density at radius 2 is 2.10 bits per heavy atom. The molecule has 10 heavy (non-hydrogen) atoms. The summed E-state index contributed by atoms with van der Waals surface area (Å²) in [5, 5.41) is 0. The predicted molar refractivity (Wildman–Crippen MR) is 40.9 cm³/mol. The highest BCUT2D eigenvalue weighted by Crippen LogP contribution is 2.35. The van der Waals surface area contributed by atoms with Gasteiger partial charge in [-0.05, 0) is 38.7 Å². The molecule has 0 aromatic carbocycles. The molecule has 0 aliphatic carbocycles. The minimum absolute atomic E-state index is 0.485. The molecule has 0 radical (unpaired) electrons. The highest BCUT2D eigenvalue weighted by molar-refractivity contribution is 5.20. The fraction of sp³-hybridized carbons (Fsp3) is 0.778. The van der Waals surface area contributed by atoms with Gasteiger partial charge in [0, 0.05) is 0 Å². The van der Waals surface area contributed by atoms with Crippen LogP contribution in [0.4, 0.5) is 0 Å². The molecule has 2 heterocycles. The van der Waals surface area contributed by atoms with Crippen molar-refractivity contribution in [1.82, 2.24) is 0 Å². The lowest BCUT2D eigenvalue weighted by Gasteiger charge is -2.22. The van der Waals surface area contributed by atoms with Gasteiger partial charge in [-0.2, -0.15) is 0 Å². The molecule has 2 aliphatic rings. The summed E-state index contributed by atoms with van der Waals surface area (Å²) in [6, 6.07) is 0. The molecule has 0 saturated carbocycles. The summed E-state index contributed by atoms with van der Waals surface area (Å²) in [5.41, 5.74) is 3.06. The molecule has 2 bridgehead atoms. The Labute approximate surface area is 62.1 Å². The Hall–Kier alpha value is -0.300. The van der Waals surface area contributed by atoms with Crippen molar-refractivity contribution >= 4 is 0 Å². The smallest absolute Gasteiger partial charge is 0.0789 e. The predicted octanol–water partition coefficient (Wildman–Crippen LogP) is 2.27. The van der Waals surface area contributed by atoms with Gasteiger partial charge in [0.05, 0.1) is 12.2 Å². The molecule has 1 heteroatoms. The molecule has 0 aromatic rings. The summed E-state index contributed by atoms with van der Waals surface area (Å²) < 4.78 is 5.72. The van der Waals surface area contributed by atoms with Crippen LogP contribution in [0.3, 0.4) is 0 Å². The van der Waals surface area contributed by atoms with Gasteiger partial charge in [0.15, 0.2) is 0 Å². The average molecular weight is 138 g/mol. The molecule has 56 valence electrons. The summed E-state index contributed by atoms with van der Waals surface area (Å²) in [6.07, 6.45) is 4.77. The monoisotopic (exact) mass is 138 g/mol. The van der Waals surface area contributed by atoms with E-state index >= 15 is 0 Å². The van der Waals surface area contributed by atoms with Gasteiger partial charge in [-0.15, -0.1) is 0 Å². The Morgan fingerprint density at radius 1 is 1.30 bits per heavy atom. The minimum atomic E-state index is 0.485. The molecule has 0 N–H and O–H groups in total. The van der Waals surface area contributed by atoms with E-state index in [-0.39, 0.29) is 0 Å². The lowest BCUT2D eigenvalue weighted by atomic mass is 10.0.